The van der Waals surface area contributed by atoms with Crippen molar-refractivity contribution in [3.63, 3.8) is 0 Å². The van der Waals surface area contributed by atoms with Gasteiger partial charge in [-0.05, 0) is 44.5 Å². The minimum absolute atomic E-state index is 0.0731. The molecule has 2 N–H and O–H groups in total. The zero-order valence-corrected chi connectivity index (χ0v) is 15.9. The average molecular weight is 360 g/mol. The molecule has 5 heteroatoms. The maximum atomic E-state index is 12.3. The summed E-state index contributed by atoms with van der Waals surface area (Å²) in [7, 11) is 0. The molecule has 3 aromatic rings. The Morgan fingerprint density at radius 2 is 1.89 bits per heavy atom. The van der Waals surface area contributed by atoms with Gasteiger partial charge in [0.1, 0.15) is 5.82 Å². The van der Waals surface area contributed by atoms with E-state index >= 15 is 0 Å². The fraction of sp³-hybridized carbons (Fsp3) is 0.227. The van der Waals surface area contributed by atoms with Gasteiger partial charge in [-0.15, -0.1) is 0 Å². The summed E-state index contributed by atoms with van der Waals surface area (Å²) < 4.78 is 0. The van der Waals surface area contributed by atoms with E-state index in [-0.39, 0.29) is 11.9 Å². The van der Waals surface area contributed by atoms with E-state index in [1.807, 2.05) is 69.3 Å². The summed E-state index contributed by atoms with van der Waals surface area (Å²) in [5, 5.41) is 6.24. The van der Waals surface area contributed by atoms with Crippen molar-refractivity contribution in [1.29, 1.82) is 0 Å². The highest BCUT2D eigenvalue weighted by molar-refractivity contribution is 5.95. The predicted molar refractivity (Wildman–Crippen MR) is 109 cm³/mol. The highest BCUT2D eigenvalue weighted by atomic mass is 16.1. The molecule has 1 aromatic heterocycles. The van der Waals surface area contributed by atoms with Gasteiger partial charge in [0.05, 0.1) is 0 Å². The fourth-order valence-electron chi connectivity index (χ4n) is 2.57. The molecule has 3 rings (SSSR count). The van der Waals surface area contributed by atoms with Crippen LogP contribution >= 0.6 is 0 Å². The zero-order chi connectivity index (χ0) is 19.2. The van der Waals surface area contributed by atoms with E-state index in [4.69, 9.17) is 0 Å². The molecule has 1 atom stereocenters. The van der Waals surface area contributed by atoms with Crippen molar-refractivity contribution in [3.8, 4) is 11.4 Å². The van der Waals surface area contributed by atoms with Gasteiger partial charge in [0.25, 0.3) is 5.91 Å². The Kier molecular flexibility index (Phi) is 5.81. The van der Waals surface area contributed by atoms with Gasteiger partial charge in [-0.25, -0.2) is 9.97 Å². The Hall–Kier alpha value is -3.21. The predicted octanol–water partition coefficient (Wildman–Crippen LogP) is 4.72. The molecule has 0 spiro atoms. The second-order valence-corrected chi connectivity index (χ2v) is 6.62. The lowest BCUT2D eigenvalue weighted by Crippen LogP contribution is -2.31. The molecule has 1 heterocycles. The van der Waals surface area contributed by atoms with Crippen LogP contribution < -0.4 is 10.6 Å². The Morgan fingerprint density at radius 3 is 2.63 bits per heavy atom. The summed E-state index contributed by atoms with van der Waals surface area (Å²) in [5.41, 5.74) is 3.58. The summed E-state index contributed by atoms with van der Waals surface area (Å²) in [5.74, 6) is 1.27. The van der Waals surface area contributed by atoms with E-state index in [9.17, 15) is 4.79 Å². The minimum atomic E-state index is -0.0731. The highest BCUT2D eigenvalue weighted by Crippen LogP contribution is 2.20. The van der Waals surface area contributed by atoms with Crippen LogP contribution in [0.2, 0.25) is 0 Å². The molecule has 0 fully saturated rings. The second-order valence-electron chi connectivity index (χ2n) is 6.62. The van der Waals surface area contributed by atoms with Crippen molar-refractivity contribution in [2.24, 2.45) is 0 Å². The first kappa shape index (κ1) is 18.6. The number of aryl methyl sites for hydroxylation is 1. The number of hydrogen-bond acceptors (Lipinski definition) is 4. The van der Waals surface area contributed by atoms with Crippen LogP contribution in [0.3, 0.4) is 0 Å². The Labute approximate surface area is 159 Å². The number of nitrogens with one attached hydrogen (secondary N) is 2. The van der Waals surface area contributed by atoms with Crippen LogP contribution in [0.1, 0.15) is 36.2 Å². The van der Waals surface area contributed by atoms with Crippen LogP contribution in [0.15, 0.2) is 60.8 Å². The van der Waals surface area contributed by atoms with Gasteiger partial charge >= 0.3 is 0 Å². The molecule has 0 aliphatic carbocycles. The first-order chi connectivity index (χ1) is 13.0. The number of amides is 1. The monoisotopic (exact) mass is 360 g/mol. The number of benzene rings is 2. The zero-order valence-electron chi connectivity index (χ0n) is 15.9. The molecule has 0 aliphatic rings. The van der Waals surface area contributed by atoms with Gasteiger partial charge in [0, 0.05) is 29.1 Å². The molecular weight excluding hydrogens is 336 g/mol. The number of anilines is 2. The van der Waals surface area contributed by atoms with Crippen LogP contribution in [0.25, 0.3) is 11.4 Å². The van der Waals surface area contributed by atoms with Gasteiger partial charge < -0.3 is 10.6 Å². The van der Waals surface area contributed by atoms with E-state index in [2.05, 4.69) is 20.6 Å². The van der Waals surface area contributed by atoms with Crippen molar-refractivity contribution in [2.75, 3.05) is 5.32 Å². The minimum Gasteiger partial charge on any atom is -0.350 e. The summed E-state index contributed by atoms with van der Waals surface area (Å²) in [6.07, 6.45) is 2.62. The quantitative estimate of drug-likeness (QED) is 0.667. The van der Waals surface area contributed by atoms with Crippen LogP contribution in [0.4, 0.5) is 11.5 Å². The van der Waals surface area contributed by atoms with Gasteiger partial charge in [-0.2, -0.15) is 0 Å². The molecule has 27 heavy (non-hydrogen) atoms. The first-order valence-electron chi connectivity index (χ1n) is 9.13. The molecule has 0 saturated heterocycles. The molecule has 2 aromatic carbocycles. The number of carbonyl (C=O) groups excluding carboxylic acids is 1. The molecule has 1 amide bonds. The number of hydrogen-bond donors (Lipinski definition) is 2. The number of carbonyl (C=O) groups is 1. The molecule has 0 bridgehead atoms. The maximum Gasteiger partial charge on any atom is 0.251 e. The van der Waals surface area contributed by atoms with Crippen LogP contribution in [0, 0.1) is 6.92 Å². The van der Waals surface area contributed by atoms with Gasteiger partial charge in [-0.1, -0.05) is 42.8 Å². The third kappa shape index (κ3) is 4.91. The van der Waals surface area contributed by atoms with Crippen molar-refractivity contribution < 1.29 is 4.79 Å². The summed E-state index contributed by atoms with van der Waals surface area (Å²) >= 11 is 0. The van der Waals surface area contributed by atoms with Gasteiger partial charge in [0.2, 0.25) is 0 Å². The molecule has 138 valence electrons. The fourth-order valence-corrected chi connectivity index (χ4v) is 2.57. The van der Waals surface area contributed by atoms with Crippen LogP contribution in [-0.4, -0.2) is 21.9 Å². The molecule has 0 unspecified atom stereocenters. The van der Waals surface area contributed by atoms with E-state index in [1.165, 1.54) is 5.56 Å². The smallest absolute Gasteiger partial charge is 0.251 e. The second kappa shape index (κ2) is 8.45. The van der Waals surface area contributed by atoms with E-state index in [0.717, 1.165) is 17.7 Å². The van der Waals surface area contributed by atoms with Crippen molar-refractivity contribution >= 4 is 17.4 Å². The van der Waals surface area contributed by atoms with E-state index in [1.54, 1.807) is 12.3 Å². The Morgan fingerprint density at radius 1 is 1.11 bits per heavy atom. The van der Waals surface area contributed by atoms with Crippen molar-refractivity contribution in [2.45, 2.75) is 33.2 Å². The number of nitrogens with zero attached hydrogens (tertiary/aromatic N) is 2. The third-order valence-corrected chi connectivity index (χ3v) is 4.35. The Bertz CT molecular complexity index is 922. The SMILES string of the molecule is CC[C@H](C)NC(=O)c1cccc(Nc2ccnc(-c3ccc(C)cc3)n2)c1. The Balaban J connectivity index is 1.77. The molecule has 0 aliphatic heterocycles. The van der Waals surface area contributed by atoms with Crippen LogP contribution in [-0.2, 0) is 0 Å². The first-order valence-corrected chi connectivity index (χ1v) is 9.13. The number of aromatic nitrogens is 2. The third-order valence-electron chi connectivity index (χ3n) is 4.35. The highest BCUT2D eigenvalue weighted by Gasteiger charge is 2.09. The lowest BCUT2D eigenvalue weighted by molar-refractivity contribution is 0.0939. The maximum absolute atomic E-state index is 12.3. The summed E-state index contributed by atoms with van der Waals surface area (Å²) in [6, 6.07) is 17.5. The standard InChI is InChI=1S/C22H24N4O/c1-4-16(3)24-22(27)18-6-5-7-19(14-18)25-20-12-13-23-21(26-20)17-10-8-15(2)9-11-17/h5-14,16H,4H2,1-3H3,(H,24,27)(H,23,25,26)/t16-/m0/s1. The van der Waals surface area contributed by atoms with Crippen molar-refractivity contribution in [1.82, 2.24) is 15.3 Å². The molecular formula is C22H24N4O. The normalized spacial score (nSPS) is 11.7. The largest absolute Gasteiger partial charge is 0.350 e. The summed E-state index contributed by atoms with van der Waals surface area (Å²) in [6.45, 7) is 6.09. The molecule has 0 radical (unpaired) electrons. The van der Waals surface area contributed by atoms with Crippen molar-refractivity contribution in [3.05, 3.63) is 71.9 Å². The van der Waals surface area contributed by atoms with E-state index in [0.29, 0.717) is 17.2 Å². The topological polar surface area (TPSA) is 66.9 Å². The molecule has 0 saturated carbocycles. The lowest BCUT2D eigenvalue weighted by Gasteiger charge is -2.12. The summed E-state index contributed by atoms with van der Waals surface area (Å²) in [4.78, 5) is 21.3. The average Bonchev–Trinajstić information content (AvgIpc) is 2.69. The number of rotatable bonds is 6. The van der Waals surface area contributed by atoms with Gasteiger partial charge in [0.15, 0.2) is 5.82 Å². The van der Waals surface area contributed by atoms with Gasteiger partial charge in [-0.3, -0.25) is 4.79 Å². The molecule has 5 nitrogen and oxygen atoms in total. The van der Waals surface area contributed by atoms with E-state index < -0.39 is 0 Å². The van der Waals surface area contributed by atoms with Crippen LogP contribution in [0.5, 0.6) is 0 Å². The lowest BCUT2D eigenvalue weighted by atomic mass is 10.1.